The number of imide groups is 1. The molecular formula is C32H27Cl2N3O4S2. The normalized spacial score (nSPS) is 19.7. The molecule has 3 aromatic carbocycles. The van der Waals surface area contributed by atoms with E-state index in [0.29, 0.717) is 31.3 Å². The molecule has 220 valence electrons. The Labute approximate surface area is 266 Å². The summed E-state index contributed by atoms with van der Waals surface area (Å²) in [6.45, 7) is 6.10. The van der Waals surface area contributed by atoms with Crippen LogP contribution in [0.15, 0.2) is 82.6 Å². The maximum absolute atomic E-state index is 14.0. The molecule has 43 heavy (non-hydrogen) atoms. The fraction of sp³-hybridized carbons (Fsp3) is 0.250. The number of thiazole rings is 1. The third-order valence-corrected chi connectivity index (χ3v) is 11.0. The van der Waals surface area contributed by atoms with Crippen LogP contribution in [0.3, 0.4) is 0 Å². The largest absolute Gasteiger partial charge is 0.324 e. The molecule has 0 aliphatic carbocycles. The molecule has 4 aromatic rings. The van der Waals surface area contributed by atoms with Crippen LogP contribution in [0.2, 0.25) is 10.0 Å². The number of carbonyl (C=O) groups excluding carboxylic acids is 3. The number of benzene rings is 3. The summed E-state index contributed by atoms with van der Waals surface area (Å²) in [7, 11) is 0. The average molecular weight is 653 g/mol. The SMILES string of the molecule is CC(C)(C)c1ccc([C@H]2c3sc(=O)n(CC(=O)Nc4ccc(Cl)c(Cl)c4)c3SC3C(=O)N(c4ccccc4)C(=O)C32)cc1. The van der Waals surface area contributed by atoms with Crippen molar-refractivity contribution in [2.45, 2.75) is 48.9 Å². The van der Waals surface area contributed by atoms with Crippen molar-refractivity contribution in [3.8, 4) is 0 Å². The molecule has 7 nitrogen and oxygen atoms in total. The smallest absolute Gasteiger partial charge is 0.308 e. The van der Waals surface area contributed by atoms with Gasteiger partial charge in [-0.2, -0.15) is 0 Å². The Bertz CT molecular complexity index is 1810. The van der Waals surface area contributed by atoms with Crippen molar-refractivity contribution in [1.82, 2.24) is 4.57 Å². The van der Waals surface area contributed by atoms with Crippen LogP contribution in [-0.2, 0) is 26.3 Å². The molecule has 11 heteroatoms. The van der Waals surface area contributed by atoms with E-state index in [0.717, 1.165) is 22.5 Å². The van der Waals surface area contributed by atoms with Crippen LogP contribution in [0.1, 0.15) is 42.7 Å². The molecule has 2 aliphatic heterocycles. The van der Waals surface area contributed by atoms with E-state index < -0.39 is 23.0 Å². The number of halogens is 2. The second-order valence-electron chi connectivity index (χ2n) is 11.6. The molecule has 3 heterocycles. The van der Waals surface area contributed by atoms with Gasteiger partial charge in [-0.25, -0.2) is 4.90 Å². The summed E-state index contributed by atoms with van der Waals surface area (Å²) >= 11 is 14.3. The molecule has 0 spiro atoms. The number of carbonyl (C=O) groups is 3. The minimum Gasteiger partial charge on any atom is -0.324 e. The Kier molecular flexibility index (Phi) is 7.79. The van der Waals surface area contributed by atoms with Crippen molar-refractivity contribution in [3.05, 3.63) is 109 Å². The van der Waals surface area contributed by atoms with Crippen molar-refractivity contribution in [3.63, 3.8) is 0 Å². The first-order valence-electron chi connectivity index (χ1n) is 13.6. The van der Waals surface area contributed by atoms with Crippen LogP contribution >= 0.6 is 46.3 Å². The highest BCUT2D eigenvalue weighted by molar-refractivity contribution is 8.00. The number of anilines is 2. The zero-order valence-corrected chi connectivity index (χ0v) is 26.6. The second-order valence-corrected chi connectivity index (χ2v) is 14.5. The van der Waals surface area contributed by atoms with Gasteiger partial charge in [-0.1, -0.05) is 110 Å². The third kappa shape index (κ3) is 5.44. The molecule has 2 aliphatic rings. The number of amides is 3. The standard InChI is InChI=1S/C32H27Cl2N3O4S2/c1-32(2,3)18-11-9-17(10-12-18)24-25-26(29(40)37(28(25)39)20-7-5-4-6-8-20)42-30-27(24)43-31(41)36(30)16-23(38)35-19-13-14-21(33)22(34)15-19/h4-15,24-26H,16H2,1-3H3,(H,35,38)/t24-,25?,26?/m1/s1. The van der Waals surface area contributed by atoms with Gasteiger partial charge in [0.15, 0.2) is 0 Å². The predicted octanol–water partition coefficient (Wildman–Crippen LogP) is 6.95. The predicted molar refractivity (Wildman–Crippen MR) is 173 cm³/mol. The van der Waals surface area contributed by atoms with E-state index in [2.05, 4.69) is 26.1 Å². The Balaban J connectivity index is 1.41. The van der Waals surface area contributed by atoms with E-state index in [-0.39, 0.29) is 28.6 Å². The lowest BCUT2D eigenvalue weighted by molar-refractivity contribution is -0.122. The summed E-state index contributed by atoms with van der Waals surface area (Å²) in [4.78, 5) is 56.0. The van der Waals surface area contributed by atoms with Gasteiger partial charge >= 0.3 is 4.87 Å². The zero-order chi connectivity index (χ0) is 30.6. The number of nitrogens with one attached hydrogen (secondary N) is 1. The summed E-state index contributed by atoms with van der Waals surface area (Å²) < 4.78 is 1.40. The Morgan fingerprint density at radius 3 is 2.26 bits per heavy atom. The van der Waals surface area contributed by atoms with Crippen molar-refractivity contribution in [2.75, 3.05) is 10.2 Å². The summed E-state index contributed by atoms with van der Waals surface area (Å²) in [6, 6.07) is 21.6. The van der Waals surface area contributed by atoms with Crippen LogP contribution in [-0.4, -0.2) is 27.5 Å². The summed E-state index contributed by atoms with van der Waals surface area (Å²) in [5, 5.41) is 3.18. The molecule has 0 radical (unpaired) electrons. The molecule has 1 aromatic heterocycles. The first-order valence-corrected chi connectivity index (χ1v) is 16.1. The lowest BCUT2D eigenvalue weighted by Crippen LogP contribution is -2.33. The Morgan fingerprint density at radius 1 is 0.907 bits per heavy atom. The van der Waals surface area contributed by atoms with Gasteiger partial charge in [0.25, 0.3) is 0 Å². The van der Waals surface area contributed by atoms with Crippen molar-refractivity contribution >= 4 is 75.4 Å². The number of fused-ring (bicyclic) bond motifs is 2. The van der Waals surface area contributed by atoms with Gasteiger partial charge in [-0.05, 0) is 46.9 Å². The number of nitrogens with zero attached hydrogens (tertiary/aromatic N) is 2. The topological polar surface area (TPSA) is 88.5 Å². The van der Waals surface area contributed by atoms with E-state index in [4.69, 9.17) is 23.2 Å². The first-order chi connectivity index (χ1) is 20.4. The quantitative estimate of drug-likeness (QED) is 0.236. The summed E-state index contributed by atoms with van der Waals surface area (Å²) in [5.74, 6) is -2.30. The molecule has 3 atom stereocenters. The fourth-order valence-corrected chi connectivity index (χ4v) is 8.63. The van der Waals surface area contributed by atoms with Crippen molar-refractivity contribution in [1.29, 1.82) is 0 Å². The second kappa shape index (κ2) is 11.3. The van der Waals surface area contributed by atoms with E-state index in [1.54, 1.807) is 36.4 Å². The van der Waals surface area contributed by atoms with E-state index in [9.17, 15) is 19.2 Å². The molecule has 6 rings (SSSR count). The van der Waals surface area contributed by atoms with Gasteiger partial charge < -0.3 is 5.32 Å². The number of hydrogen-bond donors (Lipinski definition) is 1. The number of thioether (sulfide) groups is 1. The lowest BCUT2D eigenvalue weighted by Gasteiger charge is -2.31. The van der Waals surface area contributed by atoms with Crippen molar-refractivity contribution < 1.29 is 14.4 Å². The summed E-state index contributed by atoms with van der Waals surface area (Å²) in [6.07, 6.45) is 0. The van der Waals surface area contributed by atoms with Gasteiger partial charge in [0, 0.05) is 16.5 Å². The minimum absolute atomic E-state index is 0.0757. The van der Waals surface area contributed by atoms with Gasteiger partial charge in [0.1, 0.15) is 11.8 Å². The molecule has 1 fully saturated rings. The Hall–Kier alpha value is -3.37. The minimum atomic E-state index is -0.758. The highest BCUT2D eigenvalue weighted by Gasteiger charge is 2.56. The third-order valence-electron chi connectivity index (χ3n) is 7.70. The van der Waals surface area contributed by atoms with Crippen LogP contribution in [0.25, 0.3) is 0 Å². The average Bonchev–Trinajstić information content (AvgIpc) is 3.41. The van der Waals surface area contributed by atoms with Gasteiger partial charge in [-0.3, -0.25) is 23.7 Å². The van der Waals surface area contributed by atoms with E-state index in [1.165, 1.54) is 27.3 Å². The molecular weight excluding hydrogens is 625 g/mol. The lowest BCUT2D eigenvalue weighted by atomic mass is 9.81. The molecule has 0 bridgehead atoms. The van der Waals surface area contributed by atoms with Crippen LogP contribution in [0.4, 0.5) is 11.4 Å². The van der Waals surface area contributed by atoms with Gasteiger partial charge in [0.05, 0.1) is 26.7 Å². The van der Waals surface area contributed by atoms with E-state index >= 15 is 0 Å². The number of rotatable bonds is 5. The maximum atomic E-state index is 14.0. The molecule has 1 saturated heterocycles. The van der Waals surface area contributed by atoms with Crippen LogP contribution in [0.5, 0.6) is 0 Å². The molecule has 1 N–H and O–H groups in total. The number of aromatic nitrogens is 1. The molecule has 3 amide bonds. The number of hydrogen-bond acceptors (Lipinski definition) is 6. The van der Waals surface area contributed by atoms with Gasteiger partial charge in [-0.15, -0.1) is 0 Å². The van der Waals surface area contributed by atoms with Crippen molar-refractivity contribution in [2.24, 2.45) is 5.92 Å². The first kappa shape index (κ1) is 29.7. The monoisotopic (exact) mass is 651 g/mol. The highest BCUT2D eigenvalue weighted by Crippen LogP contribution is 2.54. The molecule has 0 saturated carbocycles. The van der Waals surface area contributed by atoms with E-state index in [1.807, 2.05) is 30.3 Å². The molecule has 2 unspecified atom stereocenters. The highest BCUT2D eigenvalue weighted by atomic mass is 35.5. The fourth-order valence-electron chi connectivity index (χ4n) is 5.55. The van der Waals surface area contributed by atoms with Crippen LogP contribution in [0, 0.1) is 5.92 Å². The van der Waals surface area contributed by atoms with Gasteiger partial charge in [0.2, 0.25) is 17.7 Å². The Morgan fingerprint density at radius 2 is 1.60 bits per heavy atom. The summed E-state index contributed by atoms with van der Waals surface area (Å²) in [5.41, 5.74) is 2.84. The number of para-hydroxylation sites is 1. The zero-order valence-electron chi connectivity index (χ0n) is 23.5. The van der Waals surface area contributed by atoms with Crippen LogP contribution < -0.4 is 15.1 Å². The maximum Gasteiger partial charge on any atom is 0.308 e.